The van der Waals surface area contributed by atoms with Crippen LogP contribution in [0.2, 0.25) is 5.15 Å². The van der Waals surface area contributed by atoms with Gasteiger partial charge in [-0.05, 0) is 18.9 Å². The Labute approximate surface area is 104 Å². The van der Waals surface area contributed by atoms with Gasteiger partial charge in [0.2, 0.25) is 0 Å². The number of carbonyl (C=O) groups is 1. The molecule has 0 saturated carbocycles. The Morgan fingerprint density at radius 2 is 2.41 bits per heavy atom. The Morgan fingerprint density at radius 3 is 3.12 bits per heavy atom. The lowest BCUT2D eigenvalue weighted by Gasteiger charge is -2.30. The molecule has 6 heteroatoms. The summed E-state index contributed by atoms with van der Waals surface area (Å²) in [5.74, 6) is -0.228. The van der Waals surface area contributed by atoms with Crippen LogP contribution in [0, 0.1) is 0 Å². The van der Waals surface area contributed by atoms with E-state index in [9.17, 15) is 9.90 Å². The molecule has 1 aliphatic heterocycles. The molecule has 0 spiro atoms. The van der Waals surface area contributed by atoms with E-state index in [1.807, 2.05) is 0 Å². The quantitative estimate of drug-likeness (QED) is 0.731. The van der Waals surface area contributed by atoms with Gasteiger partial charge in [-0.15, -0.1) is 0 Å². The second kappa shape index (κ2) is 4.89. The number of amides is 1. The molecule has 1 saturated heterocycles. The van der Waals surface area contributed by atoms with E-state index < -0.39 is 6.10 Å². The van der Waals surface area contributed by atoms with Gasteiger partial charge in [0.25, 0.3) is 5.91 Å². The molecule has 2 rings (SSSR count). The molecule has 92 valence electrons. The largest absolute Gasteiger partial charge is 0.397 e. The number of hydrogen-bond acceptors (Lipinski definition) is 4. The summed E-state index contributed by atoms with van der Waals surface area (Å²) in [6.45, 7) is 0.963. The van der Waals surface area contributed by atoms with Gasteiger partial charge < -0.3 is 15.7 Å². The van der Waals surface area contributed by atoms with Crippen LogP contribution in [0.1, 0.15) is 23.2 Å². The lowest BCUT2D eigenvalue weighted by atomic mass is 10.1. The molecule has 1 aromatic heterocycles. The van der Waals surface area contributed by atoms with Gasteiger partial charge in [-0.2, -0.15) is 0 Å². The van der Waals surface area contributed by atoms with Gasteiger partial charge in [-0.25, -0.2) is 4.98 Å². The van der Waals surface area contributed by atoms with Gasteiger partial charge in [0, 0.05) is 13.1 Å². The average Bonchev–Trinajstić information content (AvgIpc) is 2.31. The first-order chi connectivity index (χ1) is 8.08. The minimum absolute atomic E-state index is 0.143. The van der Waals surface area contributed by atoms with Crippen molar-refractivity contribution in [3.05, 3.63) is 23.0 Å². The van der Waals surface area contributed by atoms with Crippen LogP contribution in [-0.2, 0) is 0 Å². The molecule has 0 bridgehead atoms. The Morgan fingerprint density at radius 1 is 1.65 bits per heavy atom. The molecule has 1 fully saturated rings. The number of β-amino-alcohol motifs (C(OH)–C–C–N with tert-alkyl or cyclic N) is 1. The summed E-state index contributed by atoms with van der Waals surface area (Å²) in [7, 11) is 0. The zero-order valence-electron chi connectivity index (χ0n) is 9.27. The molecular formula is C11H14ClN3O2. The van der Waals surface area contributed by atoms with Crippen molar-refractivity contribution in [2.75, 3.05) is 18.8 Å². The molecule has 0 aromatic carbocycles. The van der Waals surface area contributed by atoms with Gasteiger partial charge in [0.15, 0.2) is 0 Å². The van der Waals surface area contributed by atoms with Crippen LogP contribution < -0.4 is 5.73 Å². The summed E-state index contributed by atoms with van der Waals surface area (Å²) >= 11 is 5.87. The topological polar surface area (TPSA) is 79.5 Å². The lowest BCUT2D eigenvalue weighted by molar-refractivity contribution is 0.0473. The number of halogens is 1. The minimum atomic E-state index is -0.458. The van der Waals surface area contributed by atoms with Crippen LogP contribution >= 0.6 is 11.6 Å². The summed E-state index contributed by atoms with van der Waals surface area (Å²) in [6, 6.07) is 1.51. The van der Waals surface area contributed by atoms with Crippen LogP contribution in [0.3, 0.4) is 0 Å². The maximum atomic E-state index is 12.2. The summed E-state index contributed by atoms with van der Waals surface area (Å²) < 4.78 is 0. The number of likely N-dealkylation sites (tertiary alicyclic amines) is 1. The highest BCUT2D eigenvalue weighted by Crippen LogP contribution is 2.20. The average molecular weight is 256 g/mol. The number of rotatable bonds is 1. The van der Waals surface area contributed by atoms with Crippen molar-refractivity contribution in [3.63, 3.8) is 0 Å². The van der Waals surface area contributed by atoms with Crippen molar-refractivity contribution in [3.8, 4) is 0 Å². The first-order valence-corrected chi connectivity index (χ1v) is 5.84. The highest BCUT2D eigenvalue weighted by Gasteiger charge is 2.24. The summed E-state index contributed by atoms with van der Waals surface area (Å²) in [6.07, 6.45) is 2.47. The fraction of sp³-hybridized carbons (Fsp3) is 0.455. The molecule has 1 aromatic rings. The van der Waals surface area contributed by atoms with E-state index >= 15 is 0 Å². The molecule has 3 N–H and O–H groups in total. The highest BCUT2D eigenvalue weighted by molar-refractivity contribution is 6.32. The summed E-state index contributed by atoms with van der Waals surface area (Å²) in [5, 5.41) is 9.67. The molecule has 0 aliphatic carbocycles. The Hall–Kier alpha value is -1.33. The molecule has 1 atom stereocenters. The second-order valence-corrected chi connectivity index (χ2v) is 4.51. The van der Waals surface area contributed by atoms with Crippen LogP contribution in [0.5, 0.6) is 0 Å². The number of pyridine rings is 1. The van der Waals surface area contributed by atoms with Crippen molar-refractivity contribution in [1.29, 1.82) is 0 Å². The predicted molar refractivity (Wildman–Crippen MR) is 64.8 cm³/mol. The van der Waals surface area contributed by atoms with Crippen LogP contribution in [0.4, 0.5) is 5.69 Å². The van der Waals surface area contributed by atoms with Crippen LogP contribution in [-0.4, -0.2) is 40.1 Å². The normalized spacial score (nSPS) is 20.4. The smallest absolute Gasteiger partial charge is 0.257 e. The van der Waals surface area contributed by atoms with E-state index in [1.54, 1.807) is 4.90 Å². The van der Waals surface area contributed by atoms with Gasteiger partial charge in [0.05, 0.1) is 23.6 Å². The highest BCUT2D eigenvalue weighted by atomic mass is 35.5. The Balaban J connectivity index is 2.21. The number of nitrogens with two attached hydrogens (primary N) is 1. The fourth-order valence-corrected chi connectivity index (χ4v) is 2.11. The van der Waals surface area contributed by atoms with Crippen molar-refractivity contribution in [2.45, 2.75) is 18.9 Å². The molecule has 1 amide bonds. The van der Waals surface area contributed by atoms with E-state index in [1.165, 1.54) is 12.3 Å². The van der Waals surface area contributed by atoms with E-state index in [0.717, 1.165) is 12.8 Å². The SMILES string of the molecule is Nc1cnc(Cl)c(C(=O)N2CCC[C@H](O)C2)c1. The zero-order chi connectivity index (χ0) is 12.4. The van der Waals surface area contributed by atoms with Gasteiger partial charge in [-0.3, -0.25) is 4.79 Å². The van der Waals surface area contributed by atoms with Crippen molar-refractivity contribution in [2.24, 2.45) is 0 Å². The Bertz CT molecular complexity index is 439. The molecule has 5 nitrogen and oxygen atoms in total. The number of nitrogen functional groups attached to an aromatic ring is 1. The van der Waals surface area contributed by atoms with Crippen molar-refractivity contribution < 1.29 is 9.90 Å². The maximum absolute atomic E-state index is 12.2. The third kappa shape index (κ3) is 2.68. The number of nitrogens with zero attached hydrogens (tertiary/aromatic N) is 2. The van der Waals surface area contributed by atoms with E-state index in [2.05, 4.69) is 4.98 Å². The number of aliphatic hydroxyl groups excluding tert-OH is 1. The fourth-order valence-electron chi connectivity index (χ4n) is 1.92. The molecule has 1 aliphatic rings. The number of aliphatic hydroxyl groups is 1. The minimum Gasteiger partial charge on any atom is -0.397 e. The Kier molecular flexibility index (Phi) is 3.49. The summed E-state index contributed by atoms with van der Waals surface area (Å²) in [4.78, 5) is 17.6. The maximum Gasteiger partial charge on any atom is 0.257 e. The number of anilines is 1. The third-order valence-corrected chi connectivity index (χ3v) is 3.08. The predicted octanol–water partition coefficient (Wildman–Crippen LogP) is 0.914. The lowest BCUT2D eigenvalue weighted by Crippen LogP contribution is -2.42. The van der Waals surface area contributed by atoms with E-state index in [-0.39, 0.29) is 11.1 Å². The standard InChI is InChI=1S/C11H14ClN3O2/c12-10-9(4-7(13)5-14-10)11(17)15-3-1-2-8(16)6-15/h4-5,8,16H,1-3,6,13H2/t8-/m0/s1. The number of piperidine rings is 1. The number of hydrogen-bond donors (Lipinski definition) is 2. The molecule has 0 radical (unpaired) electrons. The van der Waals surface area contributed by atoms with E-state index in [4.69, 9.17) is 17.3 Å². The molecule has 2 heterocycles. The van der Waals surface area contributed by atoms with Gasteiger partial charge >= 0.3 is 0 Å². The van der Waals surface area contributed by atoms with Gasteiger partial charge in [0.1, 0.15) is 5.15 Å². The monoisotopic (exact) mass is 255 g/mol. The second-order valence-electron chi connectivity index (χ2n) is 4.15. The van der Waals surface area contributed by atoms with Crippen LogP contribution in [0.15, 0.2) is 12.3 Å². The van der Waals surface area contributed by atoms with E-state index in [0.29, 0.717) is 24.3 Å². The molecule has 0 unspecified atom stereocenters. The van der Waals surface area contributed by atoms with Crippen molar-refractivity contribution >= 4 is 23.2 Å². The summed E-state index contributed by atoms with van der Waals surface area (Å²) in [5.41, 5.74) is 6.27. The first-order valence-electron chi connectivity index (χ1n) is 5.46. The third-order valence-electron chi connectivity index (χ3n) is 2.77. The number of aromatic nitrogens is 1. The van der Waals surface area contributed by atoms with Crippen LogP contribution in [0.25, 0.3) is 0 Å². The zero-order valence-corrected chi connectivity index (χ0v) is 10.0. The van der Waals surface area contributed by atoms with Gasteiger partial charge in [-0.1, -0.05) is 11.6 Å². The van der Waals surface area contributed by atoms with Crippen molar-refractivity contribution in [1.82, 2.24) is 9.88 Å². The first kappa shape index (κ1) is 12.1. The molecule has 17 heavy (non-hydrogen) atoms. The molecular weight excluding hydrogens is 242 g/mol. The number of carbonyl (C=O) groups excluding carboxylic acids is 1.